The van der Waals surface area contributed by atoms with E-state index < -0.39 is 16.9 Å². The molecule has 0 saturated carbocycles. The molecule has 0 radical (unpaired) electrons. The Hall–Kier alpha value is -2.75. The molecule has 0 saturated heterocycles. The van der Waals surface area contributed by atoms with E-state index in [1.807, 2.05) is 42.3 Å². The summed E-state index contributed by atoms with van der Waals surface area (Å²) in [6.45, 7) is 1.07. The highest BCUT2D eigenvalue weighted by atomic mass is 16.6. The van der Waals surface area contributed by atoms with Crippen LogP contribution in [0.15, 0.2) is 54.6 Å². The van der Waals surface area contributed by atoms with Crippen molar-refractivity contribution in [1.29, 1.82) is 5.26 Å². The summed E-state index contributed by atoms with van der Waals surface area (Å²) in [5.74, 6) is -0.625. The van der Waals surface area contributed by atoms with Gasteiger partial charge in [-0.05, 0) is 30.3 Å². The number of nitro benzene ring substituents is 1. The first-order valence-corrected chi connectivity index (χ1v) is 7.55. The molecule has 2 atom stereocenters. The summed E-state index contributed by atoms with van der Waals surface area (Å²) in [5, 5.41) is 30.5. The molecule has 0 heterocycles. The minimum Gasteiger partial charge on any atom is -0.387 e. The Bertz CT molecular complexity index is 711. The summed E-state index contributed by atoms with van der Waals surface area (Å²) in [4.78, 5) is 12.2. The predicted molar refractivity (Wildman–Crippen MR) is 89.9 cm³/mol. The van der Waals surface area contributed by atoms with Gasteiger partial charge in [0.25, 0.3) is 5.69 Å². The number of rotatable bonds is 7. The van der Waals surface area contributed by atoms with Crippen LogP contribution in [0.2, 0.25) is 0 Å². The van der Waals surface area contributed by atoms with Gasteiger partial charge in [-0.3, -0.25) is 10.1 Å². The predicted octanol–water partition coefficient (Wildman–Crippen LogP) is 2.90. The van der Waals surface area contributed by atoms with Crippen LogP contribution >= 0.6 is 0 Å². The zero-order valence-electron chi connectivity index (χ0n) is 13.4. The molecular formula is C18H19N3O3. The molecule has 0 aromatic heterocycles. The van der Waals surface area contributed by atoms with Crippen molar-refractivity contribution in [2.24, 2.45) is 5.92 Å². The van der Waals surface area contributed by atoms with Crippen molar-refractivity contribution >= 4 is 5.69 Å². The van der Waals surface area contributed by atoms with E-state index in [0.717, 1.165) is 5.56 Å². The van der Waals surface area contributed by atoms with Gasteiger partial charge < -0.3 is 10.0 Å². The Morgan fingerprint density at radius 1 is 1.21 bits per heavy atom. The second-order valence-corrected chi connectivity index (χ2v) is 5.71. The van der Waals surface area contributed by atoms with Gasteiger partial charge in [-0.15, -0.1) is 0 Å². The summed E-state index contributed by atoms with van der Waals surface area (Å²) in [7, 11) is 1.89. The SMILES string of the molecule is CN(Cc1ccccc1)C[C@H](C#N)[C@H](O)c1ccc([N+](=O)[O-])cc1. The Balaban J connectivity index is 2.01. The van der Waals surface area contributed by atoms with Crippen LogP contribution in [0.3, 0.4) is 0 Å². The third kappa shape index (κ3) is 4.62. The minimum atomic E-state index is -0.992. The molecule has 0 aliphatic carbocycles. The van der Waals surface area contributed by atoms with Gasteiger partial charge in [0.1, 0.15) is 0 Å². The van der Waals surface area contributed by atoms with E-state index >= 15 is 0 Å². The number of benzene rings is 2. The molecule has 2 rings (SSSR count). The third-order valence-electron chi connectivity index (χ3n) is 3.80. The Kier molecular flexibility index (Phi) is 6.01. The zero-order chi connectivity index (χ0) is 17.5. The van der Waals surface area contributed by atoms with Crippen molar-refractivity contribution in [2.45, 2.75) is 12.6 Å². The van der Waals surface area contributed by atoms with Crippen LogP contribution in [0, 0.1) is 27.4 Å². The number of aliphatic hydroxyl groups is 1. The monoisotopic (exact) mass is 325 g/mol. The smallest absolute Gasteiger partial charge is 0.269 e. The standard InChI is InChI=1S/C18H19N3O3/c1-20(12-14-5-3-2-4-6-14)13-16(11-19)18(22)15-7-9-17(10-8-15)21(23)24/h2-10,16,18,22H,12-13H2,1H3/t16-,18+/m0/s1. The Morgan fingerprint density at radius 3 is 2.38 bits per heavy atom. The number of nitrogens with zero attached hydrogens (tertiary/aromatic N) is 3. The molecule has 124 valence electrons. The number of non-ortho nitro benzene ring substituents is 1. The van der Waals surface area contributed by atoms with Crippen molar-refractivity contribution in [3.8, 4) is 6.07 Å². The second kappa shape index (κ2) is 8.20. The van der Waals surface area contributed by atoms with Crippen LogP contribution in [0.5, 0.6) is 0 Å². The van der Waals surface area contributed by atoms with E-state index in [2.05, 4.69) is 6.07 Å². The first-order valence-electron chi connectivity index (χ1n) is 7.55. The first kappa shape index (κ1) is 17.6. The van der Waals surface area contributed by atoms with Crippen molar-refractivity contribution in [3.63, 3.8) is 0 Å². The first-order chi connectivity index (χ1) is 11.5. The molecule has 2 aromatic rings. The number of nitro groups is 1. The van der Waals surface area contributed by atoms with E-state index in [1.54, 1.807) is 0 Å². The number of hydrogen-bond donors (Lipinski definition) is 1. The lowest BCUT2D eigenvalue weighted by Gasteiger charge is -2.23. The van der Waals surface area contributed by atoms with E-state index in [4.69, 9.17) is 0 Å². The summed E-state index contributed by atoms with van der Waals surface area (Å²) >= 11 is 0. The van der Waals surface area contributed by atoms with Gasteiger partial charge in [0.2, 0.25) is 0 Å². The second-order valence-electron chi connectivity index (χ2n) is 5.71. The highest BCUT2D eigenvalue weighted by Crippen LogP contribution is 2.24. The van der Waals surface area contributed by atoms with Gasteiger partial charge >= 0.3 is 0 Å². The maximum atomic E-state index is 10.7. The van der Waals surface area contributed by atoms with Gasteiger partial charge in [-0.1, -0.05) is 30.3 Å². The fourth-order valence-electron chi connectivity index (χ4n) is 2.53. The van der Waals surface area contributed by atoms with Crippen LogP contribution in [0.1, 0.15) is 17.2 Å². The molecule has 0 aliphatic heterocycles. The maximum absolute atomic E-state index is 10.7. The fourth-order valence-corrected chi connectivity index (χ4v) is 2.53. The van der Waals surface area contributed by atoms with Gasteiger partial charge in [-0.2, -0.15) is 5.26 Å². The van der Waals surface area contributed by atoms with E-state index in [1.165, 1.54) is 24.3 Å². The van der Waals surface area contributed by atoms with Crippen molar-refractivity contribution < 1.29 is 10.0 Å². The fraction of sp³-hybridized carbons (Fsp3) is 0.278. The van der Waals surface area contributed by atoms with Crippen LogP contribution in [-0.4, -0.2) is 28.5 Å². The maximum Gasteiger partial charge on any atom is 0.269 e. The van der Waals surface area contributed by atoms with Crippen LogP contribution < -0.4 is 0 Å². The molecule has 0 unspecified atom stereocenters. The molecule has 6 nitrogen and oxygen atoms in total. The van der Waals surface area contributed by atoms with Crippen LogP contribution in [0.4, 0.5) is 5.69 Å². The molecule has 0 bridgehead atoms. The zero-order valence-corrected chi connectivity index (χ0v) is 13.4. The average Bonchev–Trinajstić information content (AvgIpc) is 2.60. The summed E-state index contributed by atoms with van der Waals surface area (Å²) in [5.41, 5.74) is 1.59. The van der Waals surface area contributed by atoms with Crippen molar-refractivity contribution in [3.05, 3.63) is 75.8 Å². The van der Waals surface area contributed by atoms with E-state index in [-0.39, 0.29) is 5.69 Å². The average molecular weight is 325 g/mol. The lowest BCUT2D eigenvalue weighted by molar-refractivity contribution is -0.384. The topological polar surface area (TPSA) is 90.4 Å². The third-order valence-corrected chi connectivity index (χ3v) is 3.80. The molecule has 24 heavy (non-hydrogen) atoms. The molecule has 6 heteroatoms. The van der Waals surface area contributed by atoms with E-state index in [0.29, 0.717) is 18.7 Å². The van der Waals surface area contributed by atoms with E-state index in [9.17, 15) is 20.5 Å². The lowest BCUT2D eigenvalue weighted by Crippen LogP contribution is -2.28. The molecule has 1 N–H and O–H groups in total. The van der Waals surface area contributed by atoms with Gasteiger partial charge in [-0.25, -0.2) is 0 Å². The number of aliphatic hydroxyl groups excluding tert-OH is 1. The Labute approximate surface area is 140 Å². The van der Waals surface area contributed by atoms with Gasteiger partial charge in [0, 0.05) is 25.2 Å². The van der Waals surface area contributed by atoms with Crippen molar-refractivity contribution in [2.75, 3.05) is 13.6 Å². The summed E-state index contributed by atoms with van der Waals surface area (Å²) in [6.07, 6.45) is -0.992. The van der Waals surface area contributed by atoms with Crippen LogP contribution in [0.25, 0.3) is 0 Å². The largest absolute Gasteiger partial charge is 0.387 e. The summed E-state index contributed by atoms with van der Waals surface area (Å²) < 4.78 is 0. The quantitative estimate of drug-likeness (QED) is 0.624. The normalized spacial score (nSPS) is 13.2. The van der Waals surface area contributed by atoms with Gasteiger partial charge in [0.05, 0.1) is 23.0 Å². The summed E-state index contributed by atoms with van der Waals surface area (Å²) in [6, 6.07) is 17.6. The number of hydrogen-bond acceptors (Lipinski definition) is 5. The van der Waals surface area contributed by atoms with Crippen LogP contribution in [-0.2, 0) is 6.54 Å². The highest BCUT2D eigenvalue weighted by molar-refractivity contribution is 5.34. The number of nitriles is 1. The molecule has 0 fully saturated rings. The van der Waals surface area contributed by atoms with Gasteiger partial charge in [0.15, 0.2) is 0 Å². The Morgan fingerprint density at radius 2 is 1.83 bits per heavy atom. The molecule has 0 spiro atoms. The molecule has 0 amide bonds. The molecule has 2 aromatic carbocycles. The van der Waals surface area contributed by atoms with Crippen molar-refractivity contribution in [1.82, 2.24) is 4.90 Å². The lowest BCUT2D eigenvalue weighted by atomic mass is 9.96. The molecule has 0 aliphatic rings. The minimum absolute atomic E-state index is 0.0411. The molecular weight excluding hydrogens is 306 g/mol. The highest BCUT2D eigenvalue weighted by Gasteiger charge is 2.23.